The monoisotopic (exact) mass is 333 g/mol. The van der Waals surface area contributed by atoms with Crippen molar-refractivity contribution >= 4 is 15.9 Å². The Labute approximate surface area is 135 Å². The number of carbonyl (C=O) groups excluding carboxylic acids is 1. The van der Waals surface area contributed by atoms with E-state index in [-0.39, 0.29) is 18.9 Å². The third-order valence-electron chi connectivity index (χ3n) is 4.26. The van der Waals surface area contributed by atoms with Crippen LogP contribution in [0.15, 0.2) is 0 Å². The molecule has 1 saturated heterocycles. The van der Waals surface area contributed by atoms with Crippen LogP contribution in [0.5, 0.6) is 0 Å². The van der Waals surface area contributed by atoms with E-state index < -0.39 is 10.0 Å². The maximum atomic E-state index is 12.4. The van der Waals surface area contributed by atoms with Crippen molar-refractivity contribution in [2.45, 2.75) is 45.1 Å². The Morgan fingerprint density at radius 3 is 2.41 bits per heavy atom. The summed E-state index contributed by atoms with van der Waals surface area (Å²) in [5.41, 5.74) is 0. The summed E-state index contributed by atoms with van der Waals surface area (Å²) in [6.45, 7) is 4.28. The van der Waals surface area contributed by atoms with Crippen LogP contribution in [-0.4, -0.2) is 81.0 Å². The predicted octanol–water partition coefficient (Wildman–Crippen LogP) is 0.991. The Balaban J connectivity index is 2.57. The van der Waals surface area contributed by atoms with Gasteiger partial charge in [-0.25, -0.2) is 12.7 Å². The zero-order chi connectivity index (χ0) is 16.8. The minimum absolute atomic E-state index is 0.0880. The van der Waals surface area contributed by atoms with Crippen molar-refractivity contribution < 1.29 is 13.2 Å². The van der Waals surface area contributed by atoms with E-state index >= 15 is 0 Å². The second-order valence-corrected chi connectivity index (χ2v) is 8.34. The Bertz CT molecular complexity index is 451. The summed E-state index contributed by atoms with van der Waals surface area (Å²) >= 11 is 0. The molecule has 0 bridgehead atoms. The van der Waals surface area contributed by atoms with Gasteiger partial charge in [-0.2, -0.15) is 0 Å². The SMILES string of the molecule is CCC1CCCCN1C(=O)CCN(CCN(C)C)S(C)(=O)=O. The fourth-order valence-electron chi connectivity index (χ4n) is 2.87. The number of likely N-dealkylation sites (tertiary alicyclic amines) is 1. The highest BCUT2D eigenvalue weighted by Gasteiger charge is 2.26. The van der Waals surface area contributed by atoms with Crippen molar-refractivity contribution in [2.75, 3.05) is 46.5 Å². The number of rotatable bonds is 8. The molecule has 1 fully saturated rings. The van der Waals surface area contributed by atoms with Crippen molar-refractivity contribution in [3.05, 3.63) is 0 Å². The molecule has 1 aliphatic heterocycles. The van der Waals surface area contributed by atoms with E-state index in [4.69, 9.17) is 0 Å². The Hall–Kier alpha value is -0.660. The Kier molecular flexibility index (Phi) is 7.79. The molecule has 1 atom stereocenters. The van der Waals surface area contributed by atoms with E-state index in [1.165, 1.54) is 17.0 Å². The van der Waals surface area contributed by atoms with Crippen molar-refractivity contribution in [2.24, 2.45) is 0 Å². The van der Waals surface area contributed by atoms with Crippen LogP contribution in [0.1, 0.15) is 39.0 Å². The lowest BCUT2D eigenvalue weighted by Crippen LogP contribution is -2.45. The van der Waals surface area contributed by atoms with Gasteiger partial charge in [-0.1, -0.05) is 6.92 Å². The second-order valence-electron chi connectivity index (χ2n) is 6.36. The van der Waals surface area contributed by atoms with Crippen LogP contribution in [-0.2, 0) is 14.8 Å². The van der Waals surface area contributed by atoms with Gasteiger partial charge in [-0.15, -0.1) is 0 Å². The molecule has 22 heavy (non-hydrogen) atoms. The van der Waals surface area contributed by atoms with Gasteiger partial charge in [-0.3, -0.25) is 4.79 Å². The lowest BCUT2D eigenvalue weighted by atomic mass is 9.99. The predicted molar refractivity (Wildman–Crippen MR) is 89.2 cm³/mol. The summed E-state index contributed by atoms with van der Waals surface area (Å²) in [5.74, 6) is 0.0880. The summed E-state index contributed by atoms with van der Waals surface area (Å²) in [6, 6.07) is 0.328. The van der Waals surface area contributed by atoms with Gasteiger partial charge in [0.1, 0.15) is 0 Å². The van der Waals surface area contributed by atoms with E-state index in [2.05, 4.69) is 6.92 Å². The molecule has 1 rings (SSSR count). The molecule has 0 radical (unpaired) electrons. The first-order valence-corrected chi connectivity index (χ1v) is 9.99. The molecule has 0 aromatic rings. The van der Waals surface area contributed by atoms with Gasteiger partial charge < -0.3 is 9.80 Å². The van der Waals surface area contributed by atoms with Gasteiger partial charge in [0.2, 0.25) is 15.9 Å². The van der Waals surface area contributed by atoms with E-state index in [1.807, 2.05) is 23.9 Å². The van der Waals surface area contributed by atoms with Crippen molar-refractivity contribution in [3.8, 4) is 0 Å². The first-order valence-electron chi connectivity index (χ1n) is 8.15. The van der Waals surface area contributed by atoms with E-state index in [1.54, 1.807) is 0 Å². The zero-order valence-corrected chi connectivity index (χ0v) is 15.2. The van der Waals surface area contributed by atoms with Gasteiger partial charge in [0.15, 0.2) is 0 Å². The van der Waals surface area contributed by atoms with Gasteiger partial charge in [0.05, 0.1) is 6.26 Å². The number of likely N-dealkylation sites (N-methyl/N-ethyl adjacent to an activating group) is 1. The zero-order valence-electron chi connectivity index (χ0n) is 14.4. The van der Waals surface area contributed by atoms with Crippen LogP contribution < -0.4 is 0 Å². The van der Waals surface area contributed by atoms with Gasteiger partial charge in [-0.05, 0) is 39.8 Å². The summed E-state index contributed by atoms with van der Waals surface area (Å²) in [5, 5.41) is 0. The largest absolute Gasteiger partial charge is 0.340 e. The molecule has 0 N–H and O–H groups in total. The van der Waals surface area contributed by atoms with Gasteiger partial charge >= 0.3 is 0 Å². The van der Waals surface area contributed by atoms with Crippen molar-refractivity contribution in [1.29, 1.82) is 0 Å². The third kappa shape index (κ3) is 6.22. The molecule has 6 nitrogen and oxygen atoms in total. The standard InChI is InChI=1S/C15H31N3O3S/c1-5-14-8-6-7-10-18(14)15(19)9-11-17(22(4,20)21)13-12-16(2)3/h14H,5-13H2,1-4H3. The fourth-order valence-corrected chi connectivity index (χ4v) is 3.71. The van der Waals surface area contributed by atoms with Crippen molar-refractivity contribution in [3.63, 3.8) is 0 Å². The minimum Gasteiger partial charge on any atom is -0.340 e. The normalized spacial score (nSPS) is 19.9. The highest BCUT2D eigenvalue weighted by Crippen LogP contribution is 2.20. The van der Waals surface area contributed by atoms with Gasteiger partial charge in [0.25, 0.3) is 0 Å². The molecule has 130 valence electrons. The minimum atomic E-state index is -3.27. The molecule has 0 aromatic carbocycles. The second kappa shape index (κ2) is 8.84. The molecule has 0 saturated carbocycles. The maximum Gasteiger partial charge on any atom is 0.224 e. The van der Waals surface area contributed by atoms with Crippen LogP contribution in [0.3, 0.4) is 0 Å². The third-order valence-corrected chi connectivity index (χ3v) is 5.56. The summed E-state index contributed by atoms with van der Waals surface area (Å²) in [4.78, 5) is 16.3. The van der Waals surface area contributed by atoms with E-state index in [9.17, 15) is 13.2 Å². The Morgan fingerprint density at radius 2 is 1.86 bits per heavy atom. The molecule has 0 aliphatic carbocycles. The fraction of sp³-hybridized carbons (Fsp3) is 0.933. The lowest BCUT2D eigenvalue weighted by molar-refractivity contribution is -0.135. The Morgan fingerprint density at radius 1 is 1.18 bits per heavy atom. The van der Waals surface area contributed by atoms with Crippen LogP contribution in [0.25, 0.3) is 0 Å². The highest BCUT2D eigenvalue weighted by atomic mass is 32.2. The number of hydrogen-bond acceptors (Lipinski definition) is 4. The topological polar surface area (TPSA) is 60.9 Å². The average molecular weight is 333 g/mol. The first kappa shape index (κ1) is 19.4. The molecule has 1 amide bonds. The average Bonchev–Trinajstić information content (AvgIpc) is 2.45. The first-order chi connectivity index (χ1) is 10.3. The number of piperidine rings is 1. The molecule has 7 heteroatoms. The molecule has 1 heterocycles. The van der Waals surface area contributed by atoms with Crippen LogP contribution in [0.4, 0.5) is 0 Å². The summed E-state index contributed by atoms with van der Waals surface area (Å²) < 4.78 is 25.1. The maximum absolute atomic E-state index is 12.4. The number of nitrogens with zero attached hydrogens (tertiary/aromatic N) is 3. The smallest absolute Gasteiger partial charge is 0.224 e. The van der Waals surface area contributed by atoms with E-state index in [0.717, 1.165) is 25.8 Å². The molecule has 0 spiro atoms. The highest BCUT2D eigenvalue weighted by molar-refractivity contribution is 7.88. The lowest BCUT2D eigenvalue weighted by Gasteiger charge is -2.35. The number of carbonyl (C=O) groups is 1. The molecule has 1 unspecified atom stereocenters. The molecule has 0 aromatic heterocycles. The quantitative estimate of drug-likeness (QED) is 0.665. The molecular formula is C15H31N3O3S. The summed E-state index contributed by atoms with van der Waals surface area (Å²) in [6.07, 6.45) is 5.76. The van der Waals surface area contributed by atoms with Crippen molar-refractivity contribution in [1.82, 2.24) is 14.1 Å². The number of sulfonamides is 1. The molecular weight excluding hydrogens is 302 g/mol. The van der Waals surface area contributed by atoms with Crippen LogP contribution >= 0.6 is 0 Å². The summed E-state index contributed by atoms with van der Waals surface area (Å²) in [7, 11) is 0.546. The van der Waals surface area contributed by atoms with Crippen LogP contribution in [0.2, 0.25) is 0 Å². The van der Waals surface area contributed by atoms with Gasteiger partial charge in [0, 0.05) is 38.6 Å². The molecule has 1 aliphatic rings. The van der Waals surface area contributed by atoms with Crippen LogP contribution in [0, 0.1) is 0 Å². The number of hydrogen-bond donors (Lipinski definition) is 0. The number of amides is 1. The van der Waals surface area contributed by atoms with E-state index in [0.29, 0.717) is 19.1 Å².